The first-order valence-corrected chi connectivity index (χ1v) is 10.1. The molecule has 3 aliphatic carbocycles. The van der Waals surface area contributed by atoms with Crippen LogP contribution in [0.2, 0.25) is 0 Å². The lowest BCUT2D eigenvalue weighted by atomic mass is 9.53. The Morgan fingerprint density at radius 1 is 1.17 bits per heavy atom. The van der Waals surface area contributed by atoms with Gasteiger partial charge >= 0.3 is 0 Å². The molecule has 4 rings (SSSR count). The molecule has 3 aliphatic rings. The maximum atomic E-state index is 10.7. The van der Waals surface area contributed by atoms with Crippen molar-refractivity contribution in [3.05, 3.63) is 29.3 Å². The van der Waals surface area contributed by atoms with Crippen molar-refractivity contribution < 1.29 is 10.2 Å². The van der Waals surface area contributed by atoms with Crippen molar-refractivity contribution in [3.63, 3.8) is 0 Å². The van der Waals surface area contributed by atoms with E-state index in [0.29, 0.717) is 17.3 Å². The van der Waals surface area contributed by atoms with Gasteiger partial charge in [-0.05, 0) is 90.9 Å². The molecule has 2 saturated carbocycles. The number of hydrogen-bond donors (Lipinski definition) is 2. The van der Waals surface area contributed by atoms with E-state index >= 15 is 0 Å². The second-order valence-corrected chi connectivity index (χ2v) is 8.90. The van der Waals surface area contributed by atoms with Crippen LogP contribution >= 0.6 is 0 Å². The normalized spacial score (nSPS) is 40.7. The average Bonchev–Trinajstić information content (AvgIpc) is 2.90. The molecule has 0 radical (unpaired) electrons. The predicted molar refractivity (Wildman–Crippen MR) is 97.0 cm³/mol. The van der Waals surface area contributed by atoms with E-state index in [0.717, 1.165) is 23.8 Å². The van der Waals surface area contributed by atoms with E-state index in [4.69, 9.17) is 0 Å². The molecular weight excluding hydrogens is 296 g/mol. The first-order chi connectivity index (χ1) is 11.5. The molecule has 0 bridgehead atoms. The molecule has 0 aromatic heterocycles. The molecule has 2 heteroatoms. The molecule has 1 aromatic carbocycles. The lowest BCUT2D eigenvalue weighted by molar-refractivity contribution is -0.00359. The van der Waals surface area contributed by atoms with Crippen molar-refractivity contribution in [3.8, 4) is 5.75 Å². The van der Waals surface area contributed by atoms with Gasteiger partial charge in [0.1, 0.15) is 5.75 Å². The highest BCUT2D eigenvalue weighted by Crippen LogP contribution is 2.64. The number of aromatic hydroxyl groups is 1. The third-order valence-electron chi connectivity index (χ3n) is 7.86. The molecule has 0 spiro atoms. The van der Waals surface area contributed by atoms with E-state index in [1.54, 1.807) is 12.1 Å². The van der Waals surface area contributed by atoms with Crippen LogP contribution in [0, 0.1) is 23.2 Å². The Labute approximate surface area is 146 Å². The summed E-state index contributed by atoms with van der Waals surface area (Å²) in [7, 11) is 0. The Balaban J connectivity index is 1.63. The highest BCUT2D eigenvalue weighted by molar-refractivity contribution is 5.41. The number of phenols is 1. The Kier molecular flexibility index (Phi) is 4.15. The van der Waals surface area contributed by atoms with Gasteiger partial charge in [-0.2, -0.15) is 0 Å². The summed E-state index contributed by atoms with van der Waals surface area (Å²) < 4.78 is 0. The van der Waals surface area contributed by atoms with E-state index in [1.165, 1.54) is 50.5 Å². The third kappa shape index (κ3) is 2.41. The van der Waals surface area contributed by atoms with Crippen molar-refractivity contribution in [1.82, 2.24) is 0 Å². The maximum absolute atomic E-state index is 10.7. The summed E-state index contributed by atoms with van der Waals surface area (Å²) in [5.41, 5.74) is 2.79. The van der Waals surface area contributed by atoms with E-state index < -0.39 is 6.10 Å². The van der Waals surface area contributed by atoms with E-state index in [9.17, 15) is 10.2 Å². The monoisotopic (exact) mass is 328 g/mol. The summed E-state index contributed by atoms with van der Waals surface area (Å²) in [4.78, 5) is 0. The van der Waals surface area contributed by atoms with Crippen LogP contribution in [0.25, 0.3) is 0 Å². The first-order valence-electron chi connectivity index (χ1n) is 10.1. The second kappa shape index (κ2) is 6.05. The molecular formula is C22H32O2. The van der Waals surface area contributed by atoms with Crippen LogP contribution < -0.4 is 0 Å². The van der Waals surface area contributed by atoms with Crippen molar-refractivity contribution in [2.75, 3.05) is 0 Å². The van der Waals surface area contributed by atoms with Crippen LogP contribution in [-0.2, 0) is 0 Å². The molecule has 0 saturated heterocycles. The molecule has 0 heterocycles. The summed E-state index contributed by atoms with van der Waals surface area (Å²) in [6, 6.07) is 5.68. The summed E-state index contributed by atoms with van der Waals surface area (Å²) in [5, 5.41) is 20.5. The summed E-state index contributed by atoms with van der Waals surface area (Å²) in [5.74, 6) is 3.17. The minimum atomic E-state index is -0.398. The van der Waals surface area contributed by atoms with Gasteiger partial charge in [0, 0.05) is 0 Å². The topological polar surface area (TPSA) is 40.5 Å². The number of phenolic OH excluding ortho intramolecular Hbond substituents is 1. The Bertz CT molecular complexity index is 610. The molecule has 6 atom stereocenters. The van der Waals surface area contributed by atoms with Gasteiger partial charge in [-0.15, -0.1) is 0 Å². The zero-order valence-electron chi connectivity index (χ0n) is 15.2. The van der Waals surface area contributed by atoms with Crippen LogP contribution in [0.5, 0.6) is 5.75 Å². The first kappa shape index (κ1) is 16.4. The van der Waals surface area contributed by atoms with Gasteiger partial charge in [0.05, 0.1) is 6.10 Å². The quantitative estimate of drug-likeness (QED) is 0.764. The van der Waals surface area contributed by atoms with Crippen molar-refractivity contribution in [2.24, 2.45) is 23.2 Å². The zero-order valence-corrected chi connectivity index (χ0v) is 15.2. The molecule has 24 heavy (non-hydrogen) atoms. The lowest BCUT2D eigenvalue weighted by Gasteiger charge is -2.52. The van der Waals surface area contributed by atoms with Crippen LogP contribution in [-0.4, -0.2) is 10.2 Å². The highest BCUT2D eigenvalue weighted by atomic mass is 16.3. The van der Waals surface area contributed by atoms with Gasteiger partial charge in [0.25, 0.3) is 0 Å². The molecule has 2 N–H and O–H groups in total. The van der Waals surface area contributed by atoms with Crippen molar-refractivity contribution in [1.29, 1.82) is 0 Å². The molecule has 0 amide bonds. The van der Waals surface area contributed by atoms with Crippen molar-refractivity contribution in [2.45, 2.75) is 77.2 Å². The summed E-state index contributed by atoms with van der Waals surface area (Å²) in [6.45, 7) is 4.86. The smallest absolute Gasteiger partial charge is 0.115 e. The van der Waals surface area contributed by atoms with E-state index in [-0.39, 0.29) is 5.75 Å². The number of benzene rings is 1. The number of unbranched alkanes of at least 4 members (excludes halogenated alkanes) is 1. The number of fused-ring (bicyclic) bond motifs is 5. The highest BCUT2D eigenvalue weighted by Gasteiger charge is 2.55. The fourth-order valence-electron chi connectivity index (χ4n) is 6.61. The largest absolute Gasteiger partial charge is 0.508 e. The van der Waals surface area contributed by atoms with Gasteiger partial charge < -0.3 is 10.2 Å². The van der Waals surface area contributed by atoms with Gasteiger partial charge in [-0.25, -0.2) is 0 Å². The standard InChI is InChI=1S/C22H32O2/c1-3-4-5-14-6-9-20-18-13-21(24)19-12-15(23)7-8-16(19)17(18)10-11-22(14,20)2/h7-8,12,14,17-18,20-21,23-24H,3-6,9-11,13H2,1-2H3. The fourth-order valence-corrected chi connectivity index (χ4v) is 6.61. The van der Waals surface area contributed by atoms with Gasteiger partial charge in [-0.3, -0.25) is 0 Å². The Morgan fingerprint density at radius 2 is 2.00 bits per heavy atom. The van der Waals surface area contributed by atoms with E-state index in [1.807, 2.05) is 0 Å². The molecule has 2 fully saturated rings. The van der Waals surface area contributed by atoms with Gasteiger partial charge in [-0.1, -0.05) is 32.8 Å². The fraction of sp³-hybridized carbons (Fsp3) is 0.727. The molecule has 1 aromatic rings. The predicted octanol–water partition coefficient (Wildman–Crippen LogP) is 5.55. The van der Waals surface area contributed by atoms with Crippen LogP contribution in [0.3, 0.4) is 0 Å². The van der Waals surface area contributed by atoms with Crippen LogP contribution in [0.15, 0.2) is 18.2 Å². The van der Waals surface area contributed by atoms with Gasteiger partial charge in [0.2, 0.25) is 0 Å². The Morgan fingerprint density at radius 3 is 2.79 bits per heavy atom. The molecule has 0 aliphatic heterocycles. The van der Waals surface area contributed by atoms with E-state index in [2.05, 4.69) is 19.9 Å². The van der Waals surface area contributed by atoms with Gasteiger partial charge in [0.15, 0.2) is 0 Å². The summed E-state index contributed by atoms with van der Waals surface area (Å²) >= 11 is 0. The number of aliphatic hydroxyl groups is 1. The molecule has 132 valence electrons. The summed E-state index contributed by atoms with van der Waals surface area (Å²) in [6.07, 6.45) is 9.90. The average molecular weight is 328 g/mol. The Hall–Kier alpha value is -1.02. The zero-order chi connectivity index (χ0) is 16.9. The van der Waals surface area contributed by atoms with Crippen LogP contribution in [0.1, 0.15) is 88.4 Å². The van der Waals surface area contributed by atoms with Crippen molar-refractivity contribution >= 4 is 0 Å². The molecule has 6 unspecified atom stereocenters. The third-order valence-corrected chi connectivity index (χ3v) is 7.86. The number of rotatable bonds is 3. The SMILES string of the molecule is CCCCC1CCC2C3CC(O)c4cc(O)ccc4C3CCC12C. The van der Waals surface area contributed by atoms with Crippen LogP contribution in [0.4, 0.5) is 0 Å². The minimum Gasteiger partial charge on any atom is -0.508 e. The molecule has 2 nitrogen and oxygen atoms in total. The minimum absolute atomic E-state index is 0.285. The number of aliphatic hydroxyl groups excluding tert-OH is 1. The second-order valence-electron chi connectivity index (χ2n) is 8.90. The number of hydrogen-bond acceptors (Lipinski definition) is 2. The lowest BCUT2D eigenvalue weighted by Crippen LogP contribution is -2.43. The maximum Gasteiger partial charge on any atom is 0.115 e.